The molecule has 2 aromatic carbocycles. The van der Waals surface area contributed by atoms with E-state index in [4.69, 9.17) is 0 Å². The van der Waals surface area contributed by atoms with Gasteiger partial charge in [-0.05, 0) is 71.8 Å². The van der Waals surface area contributed by atoms with Gasteiger partial charge in [0.1, 0.15) is 0 Å². The summed E-state index contributed by atoms with van der Waals surface area (Å²) in [6.07, 6.45) is 14.3. The third-order valence-corrected chi connectivity index (χ3v) is 6.63. The van der Waals surface area contributed by atoms with Gasteiger partial charge in [0.15, 0.2) is 0 Å². The van der Waals surface area contributed by atoms with Crippen molar-refractivity contribution in [3.05, 3.63) is 81.8 Å². The summed E-state index contributed by atoms with van der Waals surface area (Å²) in [5.74, 6) is 0.692. The minimum absolute atomic E-state index is 0.692. The first kappa shape index (κ1) is 16.7. The fraction of sp³-hybridized carbons (Fsp3) is 0.333. The molecule has 0 N–H and O–H groups in total. The Hall–Kier alpha value is -1.73. The number of aryl methyl sites for hydroxylation is 2. The highest BCUT2D eigenvalue weighted by Crippen LogP contribution is 2.52. The van der Waals surface area contributed by atoms with E-state index in [1.807, 2.05) is 11.8 Å². The summed E-state index contributed by atoms with van der Waals surface area (Å²) in [6, 6.07) is 16.1. The van der Waals surface area contributed by atoms with Gasteiger partial charge in [-0.1, -0.05) is 73.3 Å². The van der Waals surface area contributed by atoms with E-state index in [2.05, 4.69) is 67.6 Å². The fourth-order valence-corrected chi connectivity index (χ4v) is 5.21. The molecule has 2 aromatic rings. The van der Waals surface area contributed by atoms with Crippen molar-refractivity contribution in [3.63, 3.8) is 0 Å². The lowest BCUT2D eigenvalue weighted by atomic mass is 9.89. The molecule has 1 unspecified atom stereocenters. The molecule has 1 atom stereocenters. The summed E-state index contributed by atoms with van der Waals surface area (Å²) in [7, 11) is 0. The molecule has 0 saturated carbocycles. The van der Waals surface area contributed by atoms with Gasteiger partial charge in [0.2, 0.25) is 0 Å². The largest absolute Gasteiger partial charge is 0.0939 e. The van der Waals surface area contributed by atoms with E-state index >= 15 is 0 Å². The van der Waals surface area contributed by atoms with Crippen LogP contribution in [0.1, 0.15) is 60.8 Å². The molecule has 0 saturated heterocycles. The predicted molar refractivity (Wildman–Crippen MR) is 110 cm³/mol. The Morgan fingerprint density at radius 1 is 1.08 bits per heavy atom. The zero-order chi connectivity index (χ0) is 17.1. The van der Waals surface area contributed by atoms with E-state index in [1.165, 1.54) is 40.8 Å². The first-order valence-electron chi connectivity index (χ1n) is 9.59. The average Bonchev–Trinajstić information content (AvgIpc) is 3.03. The van der Waals surface area contributed by atoms with E-state index in [1.54, 1.807) is 10.5 Å². The maximum Gasteiger partial charge on any atom is 0.0163 e. The van der Waals surface area contributed by atoms with Crippen molar-refractivity contribution in [2.24, 2.45) is 0 Å². The zero-order valence-corrected chi connectivity index (χ0v) is 15.8. The number of thioether (sulfide) groups is 1. The van der Waals surface area contributed by atoms with Gasteiger partial charge in [-0.2, -0.15) is 0 Å². The number of fused-ring (bicyclic) bond motifs is 3. The molecule has 0 bridgehead atoms. The van der Waals surface area contributed by atoms with Crippen molar-refractivity contribution < 1.29 is 0 Å². The second kappa shape index (κ2) is 7.66. The van der Waals surface area contributed by atoms with Crippen molar-refractivity contribution >= 4 is 17.8 Å². The van der Waals surface area contributed by atoms with E-state index in [0.29, 0.717) is 5.92 Å². The standard InChI is InChI=1S/C24H26S/c1-2-18-11-13-19(14-12-18)7-3-4-8-20-15-16-22-21-9-5-6-10-23(21)25-24(22)17-20/h4,8,10-17,21H,2-3,5-7,9H2,1H3/b8-4+. The smallest absolute Gasteiger partial charge is 0.0163 e. The Morgan fingerprint density at radius 2 is 1.92 bits per heavy atom. The third-order valence-electron chi connectivity index (χ3n) is 5.37. The minimum Gasteiger partial charge on any atom is -0.0939 e. The summed E-state index contributed by atoms with van der Waals surface area (Å²) in [5.41, 5.74) is 5.75. The molecule has 1 heterocycles. The molecule has 2 aliphatic rings. The van der Waals surface area contributed by atoms with Crippen LogP contribution in [0.2, 0.25) is 0 Å². The molecule has 1 aliphatic heterocycles. The molecule has 0 radical (unpaired) electrons. The SMILES string of the molecule is CCc1ccc(CC/C=C/c2ccc3c(c2)SC2=CCCCC23)cc1. The van der Waals surface area contributed by atoms with Crippen LogP contribution in [0.5, 0.6) is 0 Å². The van der Waals surface area contributed by atoms with E-state index < -0.39 is 0 Å². The normalized spacial score (nSPS) is 18.9. The molecule has 0 spiro atoms. The highest BCUT2D eigenvalue weighted by atomic mass is 32.2. The second-order valence-electron chi connectivity index (χ2n) is 7.10. The summed E-state index contributed by atoms with van der Waals surface area (Å²) in [4.78, 5) is 3.08. The van der Waals surface area contributed by atoms with Crippen LogP contribution in [0.25, 0.3) is 6.08 Å². The van der Waals surface area contributed by atoms with Crippen LogP contribution in [-0.4, -0.2) is 0 Å². The van der Waals surface area contributed by atoms with Crippen LogP contribution in [-0.2, 0) is 12.8 Å². The van der Waals surface area contributed by atoms with Crippen LogP contribution in [0.4, 0.5) is 0 Å². The Bertz CT molecular complexity index is 795. The van der Waals surface area contributed by atoms with Gasteiger partial charge in [0.05, 0.1) is 0 Å². The van der Waals surface area contributed by atoms with Gasteiger partial charge in [-0.25, -0.2) is 0 Å². The molecular weight excluding hydrogens is 320 g/mol. The molecule has 1 aliphatic carbocycles. The van der Waals surface area contributed by atoms with Crippen molar-refractivity contribution in [2.45, 2.75) is 56.3 Å². The van der Waals surface area contributed by atoms with Crippen LogP contribution < -0.4 is 0 Å². The summed E-state index contributed by atoms with van der Waals surface area (Å²) < 4.78 is 0. The lowest BCUT2D eigenvalue weighted by Gasteiger charge is -2.16. The fourth-order valence-electron chi connectivity index (χ4n) is 3.84. The van der Waals surface area contributed by atoms with Crippen molar-refractivity contribution in [3.8, 4) is 0 Å². The van der Waals surface area contributed by atoms with E-state index in [9.17, 15) is 0 Å². The molecule has 1 heteroatoms. The van der Waals surface area contributed by atoms with Gasteiger partial charge in [0.25, 0.3) is 0 Å². The Kier molecular flexibility index (Phi) is 5.12. The van der Waals surface area contributed by atoms with Crippen molar-refractivity contribution in [1.29, 1.82) is 0 Å². The molecule has 128 valence electrons. The van der Waals surface area contributed by atoms with Gasteiger partial charge in [0, 0.05) is 10.8 Å². The maximum absolute atomic E-state index is 2.46. The van der Waals surface area contributed by atoms with Crippen LogP contribution in [0.15, 0.2) is 64.4 Å². The molecule has 4 rings (SSSR count). The lowest BCUT2D eigenvalue weighted by Crippen LogP contribution is -1.99. The number of hydrogen-bond donors (Lipinski definition) is 0. The molecular formula is C24H26S. The lowest BCUT2D eigenvalue weighted by molar-refractivity contribution is 0.647. The summed E-state index contributed by atoms with van der Waals surface area (Å²) >= 11 is 2.00. The van der Waals surface area contributed by atoms with Crippen molar-refractivity contribution in [2.75, 3.05) is 0 Å². The third kappa shape index (κ3) is 3.77. The van der Waals surface area contributed by atoms with Gasteiger partial charge < -0.3 is 0 Å². The van der Waals surface area contributed by atoms with Gasteiger partial charge in [-0.3, -0.25) is 0 Å². The topological polar surface area (TPSA) is 0 Å². The number of rotatable bonds is 5. The van der Waals surface area contributed by atoms with Gasteiger partial charge >= 0.3 is 0 Å². The second-order valence-corrected chi connectivity index (χ2v) is 8.22. The van der Waals surface area contributed by atoms with Crippen LogP contribution in [0.3, 0.4) is 0 Å². The van der Waals surface area contributed by atoms with E-state index in [0.717, 1.165) is 19.3 Å². The highest BCUT2D eigenvalue weighted by molar-refractivity contribution is 8.03. The number of benzene rings is 2. The predicted octanol–water partition coefficient (Wildman–Crippen LogP) is 7.15. The van der Waals surface area contributed by atoms with Crippen LogP contribution >= 0.6 is 11.8 Å². The monoisotopic (exact) mass is 346 g/mol. The van der Waals surface area contributed by atoms with Crippen LogP contribution in [0, 0.1) is 0 Å². The summed E-state index contributed by atoms with van der Waals surface area (Å²) in [5, 5.41) is 0. The van der Waals surface area contributed by atoms with E-state index in [-0.39, 0.29) is 0 Å². The average molecular weight is 347 g/mol. The molecule has 0 fully saturated rings. The first-order chi connectivity index (χ1) is 12.3. The highest BCUT2D eigenvalue weighted by Gasteiger charge is 2.29. The van der Waals surface area contributed by atoms with Crippen molar-refractivity contribution in [1.82, 2.24) is 0 Å². The Balaban J connectivity index is 1.37. The molecule has 0 nitrogen and oxygen atoms in total. The zero-order valence-electron chi connectivity index (χ0n) is 15.0. The van der Waals surface area contributed by atoms with Gasteiger partial charge in [-0.15, -0.1) is 0 Å². The minimum atomic E-state index is 0.692. The Morgan fingerprint density at radius 3 is 2.76 bits per heavy atom. The maximum atomic E-state index is 2.46. The molecule has 25 heavy (non-hydrogen) atoms. The number of hydrogen-bond acceptors (Lipinski definition) is 1. The summed E-state index contributed by atoms with van der Waals surface area (Å²) in [6.45, 7) is 2.21. The molecule has 0 aromatic heterocycles. The first-order valence-corrected chi connectivity index (χ1v) is 10.4. The Labute approximate surface area is 156 Å². The molecule has 0 amide bonds. The quantitative estimate of drug-likeness (QED) is 0.554. The number of allylic oxidation sites excluding steroid dienone is 3.